The molecular formula is C24H24F5N5O3S. The van der Waals surface area contributed by atoms with E-state index in [1.165, 1.54) is 29.5 Å². The number of carbonyl (C=O) groups excluding carboxylic acids is 1. The monoisotopic (exact) mass is 557 g/mol. The zero-order valence-corrected chi connectivity index (χ0v) is 21.0. The molecule has 8 nitrogen and oxygen atoms in total. The number of halogens is 5. The van der Waals surface area contributed by atoms with E-state index in [0.717, 1.165) is 6.20 Å². The van der Waals surface area contributed by atoms with Gasteiger partial charge < -0.3 is 20.1 Å². The number of nitrogens with one attached hydrogen (secondary N) is 2. The molecule has 3 aromatic rings. The number of piperidine rings is 1. The van der Waals surface area contributed by atoms with Crippen molar-refractivity contribution >= 4 is 28.3 Å². The van der Waals surface area contributed by atoms with Gasteiger partial charge >= 0.3 is 12.1 Å². The first-order valence-corrected chi connectivity index (χ1v) is 12.5. The van der Waals surface area contributed by atoms with Crippen LogP contribution in [0, 0.1) is 17.0 Å². The Morgan fingerprint density at radius 2 is 2.05 bits per heavy atom. The standard InChI is InChI=1S/C24H24F5N5O3S/c1-14-10-23(5-7-30-14,11-17-16(25)2-3-18(33-17)34-22-32-8-9-38-22)21(35)36-12-15-4-6-31-20(19(15)26)37-13-24(27,28)29/h2-4,6,8-9,14,30H,5,7,10-13H2,1H3,(H,32,33,34). The van der Waals surface area contributed by atoms with E-state index in [0.29, 0.717) is 30.3 Å². The Bertz CT molecular complexity index is 1260. The molecular weight excluding hydrogens is 533 g/mol. The molecule has 38 heavy (non-hydrogen) atoms. The van der Waals surface area contributed by atoms with Crippen LogP contribution in [0.5, 0.6) is 5.88 Å². The van der Waals surface area contributed by atoms with Crippen molar-refractivity contribution in [2.45, 2.75) is 45.0 Å². The average Bonchev–Trinajstić information content (AvgIpc) is 3.37. The van der Waals surface area contributed by atoms with Crippen LogP contribution in [-0.4, -0.2) is 46.3 Å². The van der Waals surface area contributed by atoms with Gasteiger partial charge in [0.1, 0.15) is 18.2 Å². The summed E-state index contributed by atoms with van der Waals surface area (Å²) in [6.07, 6.45) is -1.48. The van der Waals surface area contributed by atoms with Crippen molar-refractivity contribution in [2.75, 3.05) is 18.5 Å². The third-order valence-corrected chi connectivity index (χ3v) is 6.68. The Labute approximate surface area is 218 Å². The van der Waals surface area contributed by atoms with Gasteiger partial charge in [0.2, 0.25) is 0 Å². The number of ether oxygens (including phenoxy) is 2. The first kappa shape index (κ1) is 27.6. The van der Waals surface area contributed by atoms with E-state index in [1.54, 1.807) is 11.6 Å². The summed E-state index contributed by atoms with van der Waals surface area (Å²) < 4.78 is 76.7. The van der Waals surface area contributed by atoms with Gasteiger partial charge in [0.05, 0.1) is 11.1 Å². The molecule has 204 valence electrons. The highest BCUT2D eigenvalue weighted by Crippen LogP contribution is 2.37. The predicted molar refractivity (Wildman–Crippen MR) is 128 cm³/mol. The van der Waals surface area contributed by atoms with Gasteiger partial charge in [-0.05, 0) is 44.5 Å². The molecule has 14 heteroatoms. The fourth-order valence-electron chi connectivity index (χ4n) is 4.25. The largest absolute Gasteiger partial charge is 0.466 e. The summed E-state index contributed by atoms with van der Waals surface area (Å²) in [5, 5.41) is 8.56. The van der Waals surface area contributed by atoms with Crippen LogP contribution in [0.4, 0.5) is 32.9 Å². The second-order valence-corrected chi connectivity index (χ2v) is 9.82. The average molecular weight is 558 g/mol. The van der Waals surface area contributed by atoms with Crippen LogP contribution in [0.1, 0.15) is 31.0 Å². The minimum absolute atomic E-state index is 0.0514. The maximum Gasteiger partial charge on any atom is 0.422 e. The highest BCUT2D eigenvalue weighted by atomic mass is 32.1. The molecule has 1 saturated heterocycles. The number of alkyl halides is 3. The van der Waals surface area contributed by atoms with Crippen molar-refractivity contribution in [1.29, 1.82) is 0 Å². The lowest BCUT2D eigenvalue weighted by Gasteiger charge is -2.38. The number of aromatic nitrogens is 3. The molecule has 2 N–H and O–H groups in total. The molecule has 0 aromatic carbocycles. The maximum absolute atomic E-state index is 14.8. The molecule has 0 radical (unpaired) electrons. The van der Waals surface area contributed by atoms with Gasteiger partial charge in [0, 0.05) is 35.8 Å². The lowest BCUT2D eigenvalue weighted by molar-refractivity contribution is -0.160. The summed E-state index contributed by atoms with van der Waals surface area (Å²) in [6.45, 7) is 0.0378. The van der Waals surface area contributed by atoms with E-state index in [4.69, 9.17) is 4.74 Å². The molecule has 2 atom stereocenters. The second kappa shape index (κ2) is 11.6. The zero-order valence-electron chi connectivity index (χ0n) is 20.1. The van der Waals surface area contributed by atoms with Crippen molar-refractivity contribution in [3.63, 3.8) is 0 Å². The molecule has 0 aliphatic carbocycles. The number of rotatable bonds is 9. The number of thiazole rings is 1. The fourth-order valence-corrected chi connectivity index (χ4v) is 4.79. The van der Waals surface area contributed by atoms with Crippen LogP contribution in [0.3, 0.4) is 0 Å². The van der Waals surface area contributed by atoms with Crippen LogP contribution in [0.15, 0.2) is 36.0 Å². The Balaban J connectivity index is 1.52. The topological polar surface area (TPSA) is 98.3 Å². The van der Waals surface area contributed by atoms with Crippen LogP contribution < -0.4 is 15.4 Å². The molecule has 0 spiro atoms. The van der Waals surface area contributed by atoms with Gasteiger partial charge in [-0.2, -0.15) is 13.2 Å². The molecule has 4 rings (SSSR count). The van der Waals surface area contributed by atoms with Gasteiger partial charge in [0.15, 0.2) is 17.6 Å². The Morgan fingerprint density at radius 1 is 1.24 bits per heavy atom. The lowest BCUT2D eigenvalue weighted by atomic mass is 9.73. The van der Waals surface area contributed by atoms with Crippen molar-refractivity contribution in [1.82, 2.24) is 20.3 Å². The lowest BCUT2D eigenvalue weighted by Crippen LogP contribution is -2.48. The van der Waals surface area contributed by atoms with E-state index < -0.39 is 48.3 Å². The number of carbonyl (C=O) groups is 1. The van der Waals surface area contributed by atoms with Crippen LogP contribution in [-0.2, 0) is 22.6 Å². The molecule has 3 aromatic heterocycles. The van der Waals surface area contributed by atoms with E-state index >= 15 is 0 Å². The van der Waals surface area contributed by atoms with E-state index in [2.05, 4.69) is 30.3 Å². The third kappa shape index (κ3) is 6.92. The molecule has 4 heterocycles. The number of nitrogens with zero attached hydrogens (tertiary/aromatic N) is 3. The van der Waals surface area contributed by atoms with Gasteiger partial charge in [-0.15, -0.1) is 11.3 Å². The fraction of sp³-hybridized carbons (Fsp3) is 0.417. The van der Waals surface area contributed by atoms with Gasteiger partial charge in [-0.1, -0.05) is 0 Å². The van der Waals surface area contributed by atoms with E-state index in [1.807, 2.05) is 6.92 Å². The third-order valence-electron chi connectivity index (χ3n) is 5.99. The maximum atomic E-state index is 14.8. The summed E-state index contributed by atoms with van der Waals surface area (Å²) in [4.78, 5) is 25.4. The first-order chi connectivity index (χ1) is 18.0. The van der Waals surface area contributed by atoms with Crippen molar-refractivity contribution in [3.05, 3.63) is 58.9 Å². The smallest absolute Gasteiger partial charge is 0.422 e. The Morgan fingerprint density at radius 3 is 2.76 bits per heavy atom. The molecule has 1 fully saturated rings. The van der Waals surface area contributed by atoms with Crippen LogP contribution in [0.2, 0.25) is 0 Å². The molecule has 1 aliphatic heterocycles. The number of anilines is 2. The molecule has 0 amide bonds. The quantitative estimate of drug-likeness (QED) is 0.282. The van der Waals surface area contributed by atoms with Crippen LogP contribution in [0.25, 0.3) is 0 Å². The predicted octanol–water partition coefficient (Wildman–Crippen LogP) is 4.94. The highest BCUT2D eigenvalue weighted by molar-refractivity contribution is 7.13. The summed E-state index contributed by atoms with van der Waals surface area (Å²) in [5.41, 5.74) is -1.32. The number of hydrogen-bond donors (Lipinski definition) is 2. The zero-order chi connectivity index (χ0) is 27.3. The summed E-state index contributed by atoms with van der Waals surface area (Å²) in [6, 6.07) is 3.78. The normalized spacial score (nSPS) is 19.7. The molecule has 2 unspecified atom stereocenters. The SMILES string of the molecule is CC1CC(Cc2nc(Nc3nccs3)ccc2F)(C(=O)OCc2ccnc(OCC(F)(F)F)c2F)CCN1. The highest BCUT2D eigenvalue weighted by Gasteiger charge is 2.44. The number of pyridine rings is 2. The first-order valence-electron chi connectivity index (χ1n) is 11.6. The Hall–Kier alpha value is -3.39. The van der Waals surface area contributed by atoms with Crippen molar-refractivity contribution in [3.8, 4) is 5.88 Å². The Kier molecular flexibility index (Phi) is 8.41. The summed E-state index contributed by atoms with van der Waals surface area (Å²) in [7, 11) is 0. The number of hydrogen-bond acceptors (Lipinski definition) is 9. The summed E-state index contributed by atoms with van der Waals surface area (Å²) in [5.74, 6) is -2.95. The number of esters is 1. The minimum atomic E-state index is -4.68. The van der Waals surface area contributed by atoms with Crippen molar-refractivity contribution in [2.24, 2.45) is 5.41 Å². The summed E-state index contributed by atoms with van der Waals surface area (Å²) >= 11 is 1.34. The van der Waals surface area contributed by atoms with Gasteiger partial charge in [0.25, 0.3) is 5.88 Å². The van der Waals surface area contributed by atoms with Gasteiger partial charge in [-0.3, -0.25) is 4.79 Å². The van der Waals surface area contributed by atoms with Crippen molar-refractivity contribution < 1.29 is 36.2 Å². The van der Waals surface area contributed by atoms with E-state index in [9.17, 15) is 26.7 Å². The molecule has 0 saturated carbocycles. The minimum Gasteiger partial charge on any atom is -0.466 e. The molecule has 1 aliphatic rings. The van der Waals surface area contributed by atoms with Crippen LogP contribution >= 0.6 is 11.3 Å². The molecule has 0 bridgehead atoms. The second-order valence-electron chi connectivity index (χ2n) is 8.92. The van der Waals surface area contributed by atoms with E-state index in [-0.39, 0.29) is 23.7 Å². The van der Waals surface area contributed by atoms with Gasteiger partial charge in [-0.25, -0.2) is 23.7 Å².